The largest absolute Gasteiger partial charge is 0.317 e. The number of hydrogen-bond acceptors (Lipinski definition) is 2. The summed E-state index contributed by atoms with van der Waals surface area (Å²) in [6, 6.07) is 0. The van der Waals surface area contributed by atoms with Crippen molar-refractivity contribution in [3.63, 3.8) is 0 Å². The molecule has 1 aliphatic rings. The molecule has 1 rings (SSSR count). The van der Waals surface area contributed by atoms with Gasteiger partial charge >= 0.3 is 0 Å². The Morgan fingerprint density at radius 3 is 2.44 bits per heavy atom. The highest BCUT2D eigenvalue weighted by Gasteiger charge is 2.14. The van der Waals surface area contributed by atoms with Gasteiger partial charge in [0.1, 0.15) is 0 Å². The fraction of sp³-hybridized carbons (Fsp3) is 1.00. The zero-order chi connectivity index (χ0) is 11.6. The number of unbranched alkanes of at least 4 members (excludes halogenated alkanes) is 3. The Morgan fingerprint density at radius 2 is 1.75 bits per heavy atom. The van der Waals surface area contributed by atoms with Crippen LogP contribution < -0.4 is 5.32 Å². The smallest absolute Gasteiger partial charge is 0.00162 e. The fourth-order valence-corrected chi connectivity index (χ4v) is 2.40. The average molecular weight is 226 g/mol. The summed E-state index contributed by atoms with van der Waals surface area (Å²) in [5.74, 6) is 0.969. The number of piperidine rings is 1. The minimum atomic E-state index is 0.969. The van der Waals surface area contributed by atoms with Crippen LogP contribution >= 0.6 is 0 Å². The summed E-state index contributed by atoms with van der Waals surface area (Å²) in [5, 5.41) is 3.38. The predicted molar refractivity (Wildman–Crippen MR) is 71.8 cm³/mol. The maximum atomic E-state index is 3.38. The van der Waals surface area contributed by atoms with Gasteiger partial charge in [0, 0.05) is 0 Å². The Labute approximate surface area is 102 Å². The average Bonchev–Trinajstić information content (AvgIpc) is 2.30. The zero-order valence-electron chi connectivity index (χ0n) is 11.3. The van der Waals surface area contributed by atoms with Crippen molar-refractivity contribution in [1.29, 1.82) is 0 Å². The topological polar surface area (TPSA) is 15.3 Å². The van der Waals surface area contributed by atoms with E-state index in [1.54, 1.807) is 0 Å². The molecule has 0 spiro atoms. The summed E-state index contributed by atoms with van der Waals surface area (Å²) in [7, 11) is 0. The van der Waals surface area contributed by atoms with Gasteiger partial charge in [-0.2, -0.15) is 0 Å². The second kappa shape index (κ2) is 9.00. The molecule has 0 atom stereocenters. The normalized spacial score (nSPS) is 19.1. The molecule has 1 aliphatic heterocycles. The van der Waals surface area contributed by atoms with Crippen molar-refractivity contribution in [2.24, 2.45) is 5.92 Å². The standard InChI is InChI=1S/C14H30N2/c1-3-15-10-6-4-5-7-11-16-12-8-14(2)9-13-16/h14-15H,3-13H2,1-2H3. The minimum Gasteiger partial charge on any atom is -0.317 e. The van der Waals surface area contributed by atoms with Gasteiger partial charge in [-0.3, -0.25) is 0 Å². The molecule has 0 aromatic carbocycles. The molecule has 0 aromatic rings. The summed E-state index contributed by atoms with van der Waals surface area (Å²) < 4.78 is 0. The Kier molecular flexibility index (Phi) is 7.87. The van der Waals surface area contributed by atoms with Crippen LogP contribution in [-0.2, 0) is 0 Å². The van der Waals surface area contributed by atoms with Crippen molar-refractivity contribution >= 4 is 0 Å². The maximum absolute atomic E-state index is 3.38. The molecule has 1 heterocycles. The Bertz CT molecular complexity index is 151. The maximum Gasteiger partial charge on any atom is -0.00162 e. The van der Waals surface area contributed by atoms with Crippen molar-refractivity contribution in [2.75, 3.05) is 32.7 Å². The van der Waals surface area contributed by atoms with E-state index in [-0.39, 0.29) is 0 Å². The second-order valence-electron chi connectivity index (χ2n) is 5.29. The van der Waals surface area contributed by atoms with E-state index in [2.05, 4.69) is 24.1 Å². The second-order valence-corrected chi connectivity index (χ2v) is 5.29. The van der Waals surface area contributed by atoms with E-state index in [9.17, 15) is 0 Å². The molecule has 1 fully saturated rings. The van der Waals surface area contributed by atoms with Gasteiger partial charge in [0.15, 0.2) is 0 Å². The van der Waals surface area contributed by atoms with E-state index in [1.807, 2.05) is 0 Å². The quantitative estimate of drug-likeness (QED) is 0.640. The van der Waals surface area contributed by atoms with Crippen LogP contribution in [0.25, 0.3) is 0 Å². The predicted octanol–water partition coefficient (Wildman–Crippen LogP) is 2.89. The van der Waals surface area contributed by atoms with Gasteiger partial charge in [-0.05, 0) is 64.3 Å². The van der Waals surface area contributed by atoms with Crippen LogP contribution in [0.4, 0.5) is 0 Å². The summed E-state index contributed by atoms with van der Waals surface area (Å²) >= 11 is 0. The van der Waals surface area contributed by atoms with Crippen LogP contribution in [0.15, 0.2) is 0 Å². The van der Waals surface area contributed by atoms with E-state index < -0.39 is 0 Å². The highest BCUT2D eigenvalue weighted by molar-refractivity contribution is 4.69. The first-order valence-electron chi connectivity index (χ1n) is 7.26. The SMILES string of the molecule is CCNCCCCCCN1CCC(C)CC1. The van der Waals surface area contributed by atoms with Gasteiger partial charge in [-0.1, -0.05) is 26.7 Å². The lowest BCUT2D eigenvalue weighted by atomic mass is 9.99. The van der Waals surface area contributed by atoms with Crippen molar-refractivity contribution in [3.8, 4) is 0 Å². The van der Waals surface area contributed by atoms with Crippen molar-refractivity contribution in [2.45, 2.75) is 52.4 Å². The summed E-state index contributed by atoms with van der Waals surface area (Å²) in [6.45, 7) is 10.9. The molecule has 0 saturated carbocycles. The minimum absolute atomic E-state index is 0.969. The zero-order valence-corrected chi connectivity index (χ0v) is 11.3. The number of rotatable bonds is 8. The monoisotopic (exact) mass is 226 g/mol. The third kappa shape index (κ3) is 6.49. The molecule has 2 heteroatoms. The molecule has 0 amide bonds. The Balaban J connectivity index is 1.84. The number of likely N-dealkylation sites (tertiary alicyclic amines) is 1. The molecule has 2 nitrogen and oxygen atoms in total. The third-order valence-corrected chi connectivity index (χ3v) is 3.70. The third-order valence-electron chi connectivity index (χ3n) is 3.70. The van der Waals surface area contributed by atoms with E-state index in [4.69, 9.17) is 0 Å². The van der Waals surface area contributed by atoms with Crippen LogP contribution in [-0.4, -0.2) is 37.6 Å². The summed E-state index contributed by atoms with van der Waals surface area (Å²) in [4.78, 5) is 2.66. The summed E-state index contributed by atoms with van der Waals surface area (Å²) in [6.07, 6.45) is 8.40. The first-order valence-corrected chi connectivity index (χ1v) is 7.26. The van der Waals surface area contributed by atoms with Gasteiger partial charge in [-0.25, -0.2) is 0 Å². The molecular weight excluding hydrogens is 196 g/mol. The van der Waals surface area contributed by atoms with Crippen molar-refractivity contribution in [1.82, 2.24) is 10.2 Å². The fourth-order valence-electron chi connectivity index (χ4n) is 2.40. The van der Waals surface area contributed by atoms with Crippen LogP contribution in [0.2, 0.25) is 0 Å². The molecule has 1 saturated heterocycles. The molecule has 96 valence electrons. The highest BCUT2D eigenvalue weighted by Crippen LogP contribution is 2.16. The molecule has 0 unspecified atom stereocenters. The highest BCUT2D eigenvalue weighted by atomic mass is 15.1. The lowest BCUT2D eigenvalue weighted by Crippen LogP contribution is -2.33. The van der Waals surface area contributed by atoms with Gasteiger partial charge in [0.25, 0.3) is 0 Å². The van der Waals surface area contributed by atoms with Crippen LogP contribution in [0.1, 0.15) is 52.4 Å². The van der Waals surface area contributed by atoms with Gasteiger partial charge in [0.05, 0.1) is 0 Å². The molecule has 0 aliphatic carbocycles. The molecule has 0 bridgehead atoms. The Morgan fingerprint density at radius 1 is 1.06 bits per heavy atom. The Hall–Kier alpha value is -0.0800. The molecular formula is C14H30N2. The molecule has 1 N–H and O–H groups in total. The number of hydrogen-bond donors (Lipinski definition) is 1. The first kappa shape index (κ1) is 14.0. The van der Waals surface area contributed by atoms with E-state index in [0.29, 0.717) is 0 Å². The molecule has 0 radical (unpaired) electrons. The number of nitrogens with zero attached hydrogens (tertiary/aromatic N) is 1. The van der Waals surface area contributed by atoms with Crippen molar-refractivity contribution in [3.05, 3.63) is 0 Å². The van der Waals surface area contributed by atoms with Crippen LogP contribution in [0.3, 0.4) is 0 Å². The van der Waals surface area contributed by atoms with E-state index in [0.717, 1.165) is 12.5 Å². The van der Waals surface area contributed by atoms with E-state index in [1.165, 1.54) is 64.7 Å². The van der Waals surface area contributed by atoms with Crippen LogP contribution in [0.5, 0.6) is 0 Å². The van der Waals surface area contributed by atoms with Gasteiger partial charge < -0.3 is 10.2 Å². The van der Waals surface area contributed by atoms with Crippen molar-refractivity contribution < 1.29 is 0 Å². The number of nitrogens with one attached hydrogen (secondary N) is 1. The molecule has 16 heavy (non-hydrogen) atoms. The van der Waals surface area contributed by atoms with Gasteiger partial charge in [0.2, 0.25) is 0 Å². The lowest BCUT2D eigenvalue weighted by molar-refractivity contribution is 0.189. The first-order chi connectivity index (χ1) is 7.83. The van der Waals surface area contributed by atoms with Crippen LogP contribution in [0, 0.1) is 5.92 Å². The van der Waals surface area contributed by atoms with E-state index >= 15 is 0 Å². The molecule has 0 aromatic heterocycles. The van der Waals surface area contributed by atoms with Gasteiger partial charge in [-0.15, -0.1) is 0 Å². The lowest BCUT2D eigenvalue weighted by Gasteiger charge is -2.30. The summed E-state index contributed by atoms with van der Waals surface area (Å²) in [5.41, 5.74) is 0.